The Kier molecular flexibility index (Phi) is 6.71. The van der Waals surface area contributed by atoms with Crippen molar-refractivity contribution in [1.82, 2.24) is 9.99 Å². The maximum Gasteiger partial charge on any atom is 0.252 e. The van der Waals surface area contributed by atoms with Crippen LogP contribution in [-0.2, 0) is 10.5 Å². The molecular formula is C23H25N3OS. The molecule has 0 aliphatic heterocycles. The average Bonchev–Trinajstić information content (AvgIpc) is 3.00. The molecule has 1 aromatic heterocycles. The van der Waals surface area contributed by atoms with E-state index in [-0.39, 0.29) is 11.2 Å². The van der Waals surface area contributed by atoms with E-state index in [0.29, 0.717) is 0 Å². The van der Waals surface area contributed by atoms with Crippen LogP contribution >= 0.6 is 11.8 Å². The summed E-state index contributed by atoms with van der Waals surface area (Å²) in [4.78, 5) is 12.3. The van der Waals surface area contributed by atoms with E-state index in [4.69, 9.17) is 0 Å². The van der Waals surface area contributed by atoms with Gasteiger partial charge < -0.3 is 4.57 Å². The minimum Gasteiger partial charge on any atom is -0.318 e. The van der Waals surface area contributed by atoms with Gasteiger partial charge in [0.05, 0.1) is 11.5 Å². The van der Waals surface area contributed by atoms with Crippen LogP contribution in [-0.4, -0.2) is 21.9 Å². The third kappa shape index (κ3) is 4.93. The SMILES string of the molecule is Cc1cc(/C=N\NC(=O)[C@@H](C)SCc2ccccc2)c(C)n1-c1ccccc1. The normalized spacial score (nSPS) is 12.2. The molecule has 1 atom stereocenters. The van der Waals surface area contributed by atoms with Gasteiger partial charge in [0, 0.05) is 28.4 Å². The second-order valence-corrected chi connectivity index (χ2v) is 8.00. The highest BCUT2D eigenvalue weighted by molar-refractivity contribution is 7.99. The molecule has 1 amide bonds. The second kappa shape index (κ2) is 9.42. The Morgan fingerprint density at radius 3 is 2.43 bits per heavy atom. The molecule has 0 spiro atoms. The quantitative estimate of drug-likeness (QED) is 0.461. The lowest BCUT2D eigenvalue weighted by molar-refractivity contribution is -0.120. The topological polar surface area (TPSA) is 46.4 Å². The summed E-state index contributed by atoms with van der Waals surface area (Å²) >= 11 is 1.60. The third-order valence-corrected chi connectivity index (χ3v) is 5.79. The van der Waals surface area contributed by atoms with Crippen LogP contribution in [0.1, 0.15) is 29.4 Å². The van der Waals surface area contributed by atoms with E-state index in [1.165, 1.54) is 5.56 Å². The minimum atomic E-state index is -0.172. The maximum atomic E-state index is 12.3. The molecule has 1 N–H and O–H groups in total. The van der Waals surface area contributed by atoms with Gasteiger partial charge in [-0.05, 0) is 44.5 Å². The summed E-state index contributed by atoms with van der Waals surface area (Å²) in [5.41, 5.74) is 8.20. The number of nitrogens with zero attached hydrogens (tertiary/aromatic N) is 2. The lowest BCUT2D eigenvalue weighted by Crippen LogP contribution is -2.27. The van der Waals surface area contributed by atoms with E-state index in [1.54, 1.807) is 18.0 Å². The van der Waals surface area contributed by atoms with Crippen molar-refractivity contribution in [1.29, 1.82) is 0 Å². The number of thioether (sulfide) groups is 1. The van der Waals surface area contributed by atoms with Gasteiger partial charge >= 0.3 is 0 Å². The molecule has 1 heterocycles. The van der Waals surface area contributed by atoms with E-state index in [1.807, 2.05) is 43.3 Å². The van der Waals surface area contributed by atoms with E-state index in [9.17, 15) is 4.79 Å². The fraction of sp³-hybridized carbons (Fsp3) is 0.217. The fourth-order valence-corrected chi connectivity index (χ4v) is 3.86. The van der Waals surface area contributed by atoms with Crippen molar-refractivity contribution in [2.75, 3.05) is 0 Å². The van der Waals surface area contributed by atoms with E-state index >= 15 is 0 Å². The molecule has 0 fully saturated rings. The van der Waals surface area contributed by atoms with E-state index in [0.717, 1.165) is 28.4 Å². The number of aryl methyl sites for hydroxylation is 1. The number of hydrogen-bond acceptors (Lipinski definition) is 3. The predicted octanol–water partition coefficient (Wildman–Crippen LogP) is 4.87. The molecule has 144 valence electrons. The van der Waals surface area contributed by atoms with Gasteiger partial charge in [0.15, 0.2) is 0 Å². The largest absolute Gasteiger partial charge is 0.318 e. The number of nitrogens with one attached hydrogen (secondary N) is 1. The number of para-hydroxylation sites is 1. The lowest BCUT2D eigenvalue weighted by Gasteiger charge is -2.09. The molecule has 5 heteroatoms. The highest BCUT2D eigenvalue weighted by atomic mass is 32.2. The van der Waals surface area contributed by atoms with Crippen molar-refractivity contribution < 1.29 is 4.79 Å². The minimum absolute atomic E-state index is 0.0888. The van der Waals surface area contributed by atoms with Gasteiger partial charge in [-0.3, -0.25) is 4.79 Å². The van der Waals surface area contributed by atoms with Crippen LogP contribution in [0.25, 0.3) is 5.69 Å². The summed E-state index contributed by atoms with van der Waals surface area (Å²) in [5.74, 6) is 0.714. The van der Waals surface area contributed by atoms with Gasteiger partial charge in [-0.1, -0.05) is 48.5 Å². The molecule has 0 unspecified atom stereocenters. The third-order valence-electron chi connectivity index (χ3n) is 4.58. The van der Waals surface area contributed by atoms with Crippen LogP contribution < -0.4 is 5.43 Å². The molecule has 0 aliphatic carbocycles. The monoisotopic (exact) mass is 391 g/mol. The van der Waals surface area contributed by atoms with Gasteiger partial charge in [-0.2, -0.15) is 5.10 Å². The number of hydrazone groups is 1. The van der Waals surface area contributed by atoms with Crippen molar-refractivity contribution in [2.45, 2.75) is 31.8 Å². The molecular weight excluding hydrogens is 366 g/mol. The number of rotatable bonds is 7. The van der Waals surface area contributed by atoms with Gasteiger partial charge in [0.2, 0.25) is 0 Å². The Hall–Kier alpha value is -2.79. The average molecular weight is 392 g/mol. The fourth-order valence-electron chi connectivity index (χ4n) is 3.02. The number of benzene rings is 2. The zero-order chi connectivity index (χ0) is 19.9. The number of carbonyl (C=O) groups excluding carboxylic acids is 1. The van der Waals surface area contributed by atoms with Crippen LogP contribution in [0.2, 0.25) is 0 Å². The lowest BCUT2D eigenvalue weighted by atomic mass is 10.2. The highest BCUT2D eigenvalue weighted by Gasteiger charge is 2.13. The van der Waals surface area contributed by atoms with Gasteiger partial charge in [0.1, 0.15) is 0 Å². The van der Waals surface area contributed by atoms with Crippen molar-refractivity contribution in [3.63, 3.8) is 0 Å². The first-order chi connectivity index (χ1) is 13.6. The van der Waals surface area contributed by atoms with Crippen molar-refractivity contribution in [3.8, 4) is 5.69 Å². The molecule has 3 rings (SSSR count). The molecule has 0 saturated heterocycles. The molecule has 0 aliphatic rings. The number of carbonyl (C=O) groups is 1. The van der Waals surface area contributed by atoms with Gasteiger partial charge in [-0.15, -0.1) is 11.8 Å². The number of hydrogen-bond donors (Lipinski definition) is 1. The zero-order valence-corrected chi connectivity index (χ0v) is 17.2. The Morgan fingerprint density at radius 1 is 1.11 bits per heavy atom. The Balaban J connectivity index is 1.59. The van der Waals surface area contributed by atoms with Gasteiger partial charge in [-0.25, -0.2) is 5.43 Å². The van der Waals surface area contributed by atoms with Crippen LogP contribution in [0.5, 0.6) is 0 Å². The molecule has 4 nitrogen and oxygen atoms in total. The van der Waals surface area contributed by atoms with Crippen LogP contribution in [0.4, 0.5) is 0 Å². The van der Waals surface area contributed by atoms with E-state index < -0.39 is 0 Å². The standard InChI is InChI=1S/C23H25N3OS/c1-17-14-21(18(2)26(17)22-12-8-5-9-13-22)15-24-25-23(27)19(3)28-16-20-10-6-4-7-11-20/h4-15,19H,16H2,1-3H3,(H,25,27)/b24-15-/t19-/m1/s1. The second-order valence-electron chi connectivity index (χ2n) is 6.67. The zero-order valence-electron chi connectivity index (χ0n) is 16.4. The summed E-state index contributed by atoms with van der Waals surface area (Å²) < 4.78 is 2.18. The summed E-state index contributed by atoms with van der Waals surface area (Å²) in [5, 5.41) is 4.00. The summed E-state index contributed by atoms with van der Waals surface area (Å²) in [6.45, 7) is 6.03. The number of aromatic nitrogens is 1. The summed E-state index contributed by atoms with van der Waals surface area (Å²) in [7, 11) is 0. The highest BCUT2D eigenvalue weighted by Crippen LogP contribution is 2.20. The van der Waals surface area contributed by atoms with Crippen molar-refractivity contribution in [3.05, 3.63) is 89.2 Å². The predicted molar refractivity (Wildman–Crippen MR) is 118 cm³/mol. The Bertz CT molecular complexity index is 949. The van der Waals surface area contributed by atoms with Crippen molar-refractivity contribution in [2.24, 2.45) is 5.10 Å². The van der Waals surface area contributed by atoms with Crippen LogP contribution in [0.3, 0.4) is 0 Å². The molecule has 28 heavy (non-hydrogen) atoms. The first-order valence-corrected chi connectivity index (χ1v) is 10.3. The molecule has 3 aromatic rings. The van der Waals surface area contributed by atoms with Crippen LogP contribution in [0.15, 0.2) is 71.8 Å². The maximum absolute atomic E-state index is 12.3. The first-order valence-electron chi connectivity index (χ1n) is 9.29. The van der Waals surface area contributed by atoms with Gasteiger partial charge in [0.25, 0.3) is 5.91 Å². The summed E-state index contributed by atoms with van der Waals surface area (Å²) in [6.07, 6.45) is 1.72. The Morgan fingerprint density at radius 2 is 1.75 bits per heavy atom. The number of amides is 1. The first kappa shape index (κ1) is 20.0. The van der Waals surface area contributed by atoms with Crippen LogP contribution in [0, 0.1) is 13.8 Å². The Labute approximate surface area is 170 Å². The summed E-state index contributed by atoms with van der Waals surface area (Å²) in [6, 6.07) is 22.4. The molecule has 0 bridgehead atoms. The molecule has 0 radical (unpaired) electrons. The molecule has 2 aromatic carbocycles. The molecule has 0 saturated carbocycles. The smallest absolute Gasteiger partial charge is 0.252 e. The van der Waals surface area contributed by atoms with Crippen molar-refractivity contribution >= 4 is 23.9 Å². The van der Waals surface area contributed by atoms with E-state index in [2.05, 4.69) is 59.3 Å².